The van der Waals surface area contributed by atoms with Crippen molar-refractivity contribution in [2.75, 3.05) is 6.54 Å². The molecule has 0 amide bonds. The lowest BCUT2D eigenvalue weighted by Gasteiger charge is -2.49. The Morgan fingerprint density at radius 3 is 1.95 bits per heavy atom. The number of rotatable bonds is 7. The first-order valence-corrected chi connectivity index (χ1v) is 16.5. The molecule has 0 fully saturated rings. The number of ketones is 2. The number of halogens is 1. The third kappa shape index (κ3) is 6.22. The Morgan fingerprint density at radius 2 is 1.47 bits per heavy atom. The Kier molecular flexibility index (Phi) is 8.01. The van der Waals surface area contributed by atoms with E-state index in [0.717, 1.165) is 17.0 Å². The molecule has 0 spiro atoms. The lowest BCUT2D eigenvalue weighted by atomic mass is 9.63. The van der Waals surface area contributed by atoms with Gasteiger partial charge < -0.3 is 14.2 Å². The topological polar surface area (TPSA) is 118 Å². The fourth-order valence-corrected chi connectivity index (χ4v) is 8.03. The molecule has 43 heavy (non-hydrogen) atoms. The van der Waals surface area contributed by atoms with Crippen LogP contribution in [0, 0.1) is 17.8 Å². The number of aliphatic carboxylic acids is 1. The van der Waals surface area contributed by atoms with Crippen LogP contribution in [-0.4, -0.2) is 42.5 Å². The molecule has 0 atom stereocenters. The van der Waals surface area contributed by atoms with Gasteiger partial charge in [0.05, 0.1) is 10.9 Å². The highest BCUT2D eigenvalue weighted by atomic mass is 79.9. The number of hydrogen-bond acceptors (Lipinski definition) is 7. The molecule has 1 heterocycles. The van der Waals surface area contributed by atoms with Crippen molar-refractivity contribution in [3.63, 3.8) is 0 Å². The van der Waals surface area contributed by atoms with Crippen molar-refractivity contribution in [2.45, 2.75) is 77.5 Å². The molecule has 0 aromatic heterocycles. The van der Waals surface area contributed by atoms with Crippen molar-refractivity contribution >= 4 is 43.6 Å². The Morgan fingerprint density at radius 1 is 0.930 bits per heavy atom. The predicted octanol–water partition coefficient (Wildman–Crippen LogP) is 6.69. The summed E-state index contributed by atoms with van der Waals surface area (Å²) in [5.41, 5.74) is 3.49. The van der Waals surface area contributed by atoms with E-state index < -0.39 is 22.0 Å². The van der Waals surface area contributed by atoms with Crippen LogP contribution in [0.3, 0.4) is 0 Å². The quantitative estimate of drug-likeness (QED) is 0.324. The lowest BCUT2D eigenvalue weighted by Crippen LogP contribution is -2.45. The molecule has 3 aliphatic rings. The minimum absolute atomic E-state index is 0.0261. The van der Waals surface area contributed by atoms with Crippen molar-refractivity contribution in [3.05, 3.63) is 80.6 Å². The number of nitrogens with zero attached hydrogens (tertiary/aromatic N) is 1. The summed E-state index contributed by atoms with van der Waals surface area (Å²) in [6.07, 6.45) is 1.59. The van der Waals surface area contributed by atoms with Crippen molar-refractivity contribution in [2.24, 2.45) is 10.8 Å². The van der Waals surface area contributed by atoms with Gasteiger partial charge in [0.1, 0.15) is 4.90 Å². The van der Waals surface area contributed by atoms with Gasteiger partial charge in [-0.25, -0.2) is 0 Å². The first-order valence-electron chi connectivity index (χ1n) is 14.3. The molecule has 0 unspecified atom stereocenters. The van der Waals surface area contributed by atoms with Gasteiger partial charge in [-0.1, -0.05) is 51.5 Å². The summed E-state index contributed by atoms with van der Waals surface area (Å²) in [7, 11) is -4.10. The number of benzene rings is 2. The van der Waals surface area contributed by atoms with E-state index in [0.29, 0.717) is 46.9 Å². The predicted molar refractivity (Wildman–Crippen MR) is 165 cm³/mol. The minimum Gasteiger partial charge on any atom is -0.481 e. The van der Waals surface area contributed by atoms with E-state index in [2.05, 4.69) is 15.9 Å². The second kappa shape index (κ2) is 11.0. The highest BCUT2D eigenvalue weighted by molar-refractivity contribution is 9.10. The summed E-state index contributed by atoms with van der Waals surface area (Å²) in [6.45, 7) is 10.1. The Labute approximate surface area is 261 Å². The van der Waals surface area contributed by atoms with Crippen LogP contribution in [0.25, 0.3) is 0 Å². The largest absolute Gasteiger partial charge is 0.481 e. The molecule has 2 aromatic rings. The van der Waals surface area contributed by atoms with Crippen LogP contribution in [0.4, 0.5) is 0 Å². The number of allylic oxidation sites excluding steroid dienone is 4. The Hall–Kier alpha value is -3.24. The monoisotopic (exact) mass is 669 g/mol. The second-order valence-electron chi connectivity index (χ2n) is 13.4. The van der Waals surface area contributed by atoms with Crippen molar-refractivity contribution in [1.29, 1.82) is 0 Å². The number of aryl methyl sites for hydroxylation is 1. The zero-order valence-electron chi connectivity index (χ0n) is 25.0. The first-order chi connectivity index (χ1) is 20.0. The highest BCUT2D eigenvalue weighted by Crippen LogP contribution is 2.54. The summed E-state index contributed by atoms with van der Waals surface area (Å²) in [4.78, 5) is 41.4. The molecule has 2 aromatic carbocycles. The second-order valence-corrected chi connectivity index (χ2v) is 15.8. The molecule has 8 nitrogen and oxygen atoms in total. The highest BCUT2D eigenvalue weighted by Gasteiger charge is 2.49. The maximum absolute atomic E-state index is 13.9. The third-order valence-electron chi connectivity index (χ3n) is 8.37. The average molecular weight is 671 g/mol. The maximum Gasteiger partial charge on any atom is 0.339 e. The Balaban J connectivity index is 1.63. The normalized spacial score (nSPS) is 20.2. The standard InChI is InChI=1S/C33H36BrNO7S/c1-19-6-9-21(10-7-19)43(40,41)42-27-11-8-20(14-22(27)34)29-30-23(15-32(2,3)17-25(30)36)35(13-12-28(38)39)24-16-33(4,5)18-26(37)31(24)29/h6-11,14,29H,12-13,15-18H2,1-5H3,(H,38,39). The van der Waals surface area contributed by atoms with Gasteiger partial charge in [0.15, 0.2) is 17.3 Å². The lowest BCUT2D eigenvalue weighted by molar-refractivity contribution is -0.137. The molecule has 0 saturated carbocycles. The van der Waals surface area contributed by atoms with Gasteiger partial charge in [-0.3, -0.25) is 14.4 Å². The third-order valence-corrected chi connectivity index (χ3v) is 10.2. The van der Waals surface area contributed by atoms with E-state index >= 15 is 0 Å². The summed E-state index contributed by atoms with van der Waals surface area (Å²) >= 11 is 3.48. The van der Waals surface area contributed by atoms with Crippen LogP contribution < -0.4 is 4.18 Å². The molecule has 1 N–H and O–H groups in total. The Bertz CT molecular complexity index is 1650. The van der Waals surface area contributed by atoms with Gasteiger partial charge in [-0.15, -0.1) is 0 Å². The number of carboxylic acid groups (broad SMARTS) is 1. The zero-order valence-corrected chi connectivity index (χ0v) is 27.4. The van der Waals surface area contributed by atoms with E-state index in [1.807, 2.05) is 39.5 Å². The molecule has 0 radical (unpaired) electrons. The molecule has 5 rings (SSSR count). The summed E-state index contributed by atoms with van der Waals surface area (Å²) in [6, 6.07) is 11.3. The smallest absolute Gasteiger partial charge is 0.339 e. The van der Waals surface area contributed by atoms with Crippen molar-refractivity contribution in [1.82, 2.24) is 4.90 Å². The zero-order chi connectivity index (χ0) is 31.5. The number of carbonyl (C=O) groups excluding carboxylic acids is 2. The summed E-state index contributed by atoms with van der Waals surface area (Å²) in [5.74, 6) is -1.66. The fraction of sp³-hybridized carbons (Fsp3) is 0.424. The molecular formula is C33H36BrNO7S. The molecule has 1 aliphatic heterocycles. The van der Waals surface area contributed by atoms with Crippen LogP contribution >= 0.6 is 15.9 Å². The van der Waals surface area contributed by atoms with Gasteiger partial charge in [0.2, 0.25) is 0 Å². The van der Waals surface area contributed by atoms with Crippen LogP contribution in [-0.2, 0) is 24.5 Å². The number of Topliss-reactive ketones (excluding diaryl/α,β-unsaturated/α-hetero) is 2. The summed E-state index contributed by atoms with van der Waals surface area (Å²) < 4.78 is 31.8. The van der Waals surface area contributed by atoms with Gasteiger partial charge in [-0.05, 0) is 76.4 Å². The molecular weight excluding hydrogens is 634 g/mol. The number of hydrogen-bond donors (Lipinski definition) is 1. The number of carboxylic acids is 1. The van der Waals surface area contributed by atoms with Crippen LogP contribution in [0.1, 0.15) is 76.8 Å². The fourth-order valence-electron chi connectivity index (χ4n) is 6.49. The van der Waals surface area contributed by atoms with Gasteiger partial charge in [0, 0.05) is 47.8 Å². The van der Waals surface area contributed by atoms with Crippen LogP contribution in [0.2, 0.25) is 0 Å². The summed E-state index contributed by atoms with van der Waals surface area (Å²) in [5, 5.41) is 9.54. The first kappa shape index (κ1) is 31.2. The van der Waals surface area contributed by atoms with Gasteiger partial charge >= 0.3 is 16.1 Å². The van der Waals surface area contributed by atoms with Crippen LogP contribution in [0.15, 0.2) is 74.4 Å². The van der Waals surface area contributed by atoms with E-state index in [9.17, 15) is 27.9 Å². The van der Waals surface area contributed by atoms with Crippen LogP contribution in [0.5, 0.6) is 5.75 Å². The molecule has 2 aliphatic carbocycles. The minimum atomic E-state index is -4.10. The molecule has 10 heteroatoms. The average Bonchev–Trinajstić information content (AvgIpc) is 2.87. The molecule has 0 bridgehead atoms. The van der Waals surface area contributed by atoms with E-state index in [1.165, 1.54) is 18.2 Å². The van der Waals surface area contributed by atoms with Crippen molar-refractivity contribution < 1.29 is 32.1 Å². The van der Waals surface area contributed by atoms with E-state index in [1.54, 1.807) is 24.3 Å². The number of carbonyl (C=O) groups is 3. The van der Waals surface area contributed by atoms with Gasteiger partial charge in [0.25, 0.3) is 0 Å². The van der Waals surface area contributed by atoms with E-state index in [-0.39, 0.29) is 46.0 Å². The van der Waals surface area contributed by atoms with Gasteiger partial charge in [-0.2, -0.15) is 8.42 Å². The van der Waals surface area contributed by atoms with E-state index in [4.69, 9.17) is 4.18 Å². The molecule has 228 valence electrons. The maximum atomic E-state index is 13.9. The molecule has 0 saturated heterocycles. The van der Waals surface area contributed by atoms with Crippen molar-refractivity contribution in [3.8, 4) is 5.75 Å². The SMILES string of the molecule is Cc1ccc(S(=O)(=O)Oc2ccc(C3C4=C(CC(C)(C)CC4=O)N(CCC(=O)O)C4=C3C(=O)CC(C)(C)C4)cc2Br)cc1.